The molecule has 0 spiro atoms. The van der Waals surface area contributed by atoms with Crippen molar-refractivity contribution in [3.05, 3.63) is 12.7 Å². The molecule has 0 bridgehead atoms. The van der Waals surface area contributed by atoms with E-state index in [0.29, 0.717) is 0 Å². The van der Waals surface area contributed by atoms with Gasteiger partial charge in [0, 0.05) is 0 Å². The van der Waals surface area contributed by atoms with Crippen LogP contribution in [0.15, 0.2) is 12.7 Å². The molecule has 0 nitrogen and oxygen atoms in total. The smallest absolute Gasteiger partial charge is 0.0473 e. The molecule has 0 N–H and O–H groups in total. The van der Waals surface area contributed by atoms with E-state index in [-0.39, 0.29) is 0 Å². The van der Waals surface area contributed by atoms with Gasteiger partial charge >= 0.3 is 0 Å². The first-order valence-electron chi connectivity index (χ1n) is 5.13. The highest BCUT2D eigenvalue weighted by Crippen LogP contribution is 1.88. The van der Waals surface area contributed by atoms with Crippen LogP contribution < -0.4 is 0 Å². The van der Waals surface area contributed by atoms with Gasteiger partial charge in [-0.2, -0.15) is 0 Å². The molecule has 0 saturated heterocycles. The number of hydrogen-bond donors (Lipinski definition) is 0. The first kappa shape index (κ1) is 17.7. The van der Waals surface area contributed by atoms with Gasteiger partial charge in [-0.05, 0) is 12.8 Å². The van der Waals surface area contributed by atoms with E-state index in [1.165, 1.54) is 19.3 Å². The second-order valence-corrected chi connectivity index (χ2v) is 3.49. The number of allylic oxidation sites excluding steroid dienone is 1. The Balaban J connectivity index is -0.000000105. The van der Waals surface area contributed by atoms with Gasteiger partial charge in [-0.3, -0.25) is 0 Å². The SMILES string of the molecule is C=CC.CC(C)C.CCCCC. The summed E-state index contributed by atoms with van der Waals surface area (Å²) < 4.78 is 0. The fourth-order valence-corrected chi connectivity index (χ4v) is 0.354. The Morgan fingerprint density at radius 2 is 1.25 bits per heavy atom. The fourth-order valence-electron chi connectivity index (χ4n) is 0.354. The minimum Gasteiger partial charge on any atom is -0.103 e. The molecule has 0 aliphatic rings. The van der Waals surface area contributed by atoms with Gasteiger partial charge < -0.3 is 0 Å². The lowest BCUT2D eigenvalue weighted by Gasteiger charge is -1.79. The Morgan fingerprint density at radius 3 is 1.25 bits per heavy atom. The molecule has 0 unspecified atom stereocenters. The first-order chi connectivity index (χ1) is 5.56. The van der Waals surface area contributed by atoms with E-state index >= 15 is 0 Å². The van der Waals surface area contributed by atoms with Crippen molar-refractivity contribution in [3.63, 3.8) is 0 Å². The molecular weight excluding hydrogens is 144 g/mol. The van der Waals surface area contributed by atoms with Crippen molar-refractivity contribution < 1.29 is 0 Å². The summed E-state index contributed by atoms with van der Waals surface area (Å²) >= 11 is 0. The maximum atomic E-state index is 3.36. The monoisotopic (exact) mass is 172 g/mol. The van der Waals surface area contributed by atoms with Crippen LogP contribution in [0, 0.1) is 5.92 Å². The van der Waals surface area contributed by atoms with Crippen molar-refractivity contribution in [2.45, 2.75) is 60.8 Å². The van der Waals surface area contributed by atoms with Crippen molar-refractivity contribution in [1.29, 1.82) is 0 Å². The van der Waals surface area contributed by atoms with E-state index < -0.39 is 0 Å². The van der Waals surface area contributed by atoms with E-state index in [1.54, 1.807) is 6.08 Å². The normalized spacial score (nSPS) is 7.58. The van der Waals surface area contributed by atoms with Crippen LogP contribution in [0.4, 0.5) is 0 Å². The molecular formula is C12H28. The predicted molar refractivity (Wildman–Crippen MR) is 61.6 cm³/mol. The topological polar surface area (TPSA) is 0 Å². The molecule has 0 aromatic rings. The van der Waals surface area contributed by atoms with Crippen molar-refractivity contribution in [3.8, 4) is 0 Å². The molecule has 0 amide bonds. The maximum absolute atomic E-state index is 3.36. The number of rotatable bonds is 2. The van der Waals surface area contributed by atoms with Crippen LogP contribution in [-0.2, 0) is 0 Å². The van der Waals surface area contributed by atoms with Crippen LogP contribution >= 0.6 is 0 Å². The van der Waals surface area contributed by atoms with Crippen molar-refractivity contribution in [2.75, 3.05) is 0 Å². The van der Waals surface area contributed by atoms with Gasteiger partial charge in [-0.1, -0.05) is 60.0 Å². The lowest BCUT2D eigenvalue weighted by atomic mass is 10.3. The Kier molecular flexibility index (Phi) is 33.1. The van der Waals surface area contributed by atoms with Crippen LogP contribution in [-0.4, -0.2) is 0 Å². The quantitative estimate of drug-likeness (QED) is 0.511. The molecule has 0 saturated carbocycles. The lowest BCUT2D eigenvalue weighted by molar-refractivity contribution is 0.737. The van der Waals surface area contributed by atoms with Gasteiger partial charge in [-0.15, -0.1) is 6.58 Å². The van der Waals surface area contributed by atoms with Crippen molar-refractivity contribution in [2.24, 2.45) is 5.92 Å². The lowest BCUT2D eigenvalue weighted by Crippen LogP contribution is -1.66. The Bertz CT molecular complexity index is 48.3. The summed E-state index contributed by atoms with van der Waals surface area (Å²) in [5.74, 6) is 0.833. The van der Waals surface area contributed by atoms with Gasteiger partial charge in [0.1, 0.15) is 0 Å². The van der Waals surface area contributed by atoms with E-state index in [1.807, 2.05) is 6.92 Å². The predicted octanol–water partition coefficient (Wildman–Crippen LogP) is 5.05. The van der Waals surface area contributed by atoms with Crippen LogP contribution in [0.25, 0.3) is 0 Å². The van der Waals surface area contributed by atoms with Crippen LogP contribution in [0.1, 0.15) is 60.8 Å². The standard InChI is InChI=1S/C5H12.C4H10.C3H6/c1-3-5-4-2;1-4(2)3;1-3-2/h3-5H2,1-2H3;4H,1-3H3;3H,1H2,2H3. The molecule has 0 rings (SSSR count). The molecule has 0 radical (unpaired) electrons. The number of unbranched alkanes of at least 4 members (excludes halogenated alkanes) is 2. The van der Waals surface area contributed by atoms with E-state index in [0.717, 1.165) is 5.92 Å². The van der Waals surface area contributed by atoms with Gasteiger partial charge in [0.05, 0.1) is 0 Å². The highest BCUT2D eigenvalue weighted by molar-refractivity contribution is 4.51. The molecule has 0 aliphatic carbocycles. The summed E-state index contributed by atoms with van der Waals surface area (Å²) in [5.41, 5.74) is 0. The van der Waals surface area contributed by atoms with Crippen LogP contribution in [0.2, 0.25) is 0 Å². The molecule has 0 aromatic heterocycles. The molecule has 76 valence electrons. The Labute approximate surface area is 80.1 Å². The van der Waals surface area contributed by atoms with E-state index in [9.17, 15) is 0 Å². The van der Waals surface area contributed by atoms with Crippen LogP contribution in [0.3, 0.4) is 0 Å². The second-order valence-electron chi connectivity index (χ2n) is 3.49. The third-order valence-electron chi connectivity index (χ3n) is 0.707. The highest BCUT2D eigenvalue weighted by atomic mass is 13.7. The molecule has 0 heteroatoms. The summed E-state index contributed by atoms with van der Waals surface area (Å²) in [4.78, 5) is 0. The number of hydrogen-bond acceptors (Lipinski definition) is 0. The van der Waals surface area contributed by atoms with Crippen molar-refractivity contribution in [1.82, 2.24) is 0 Å². The third kappa shape index (κ3) is 246. The van der Waals surface area contributed by atoms with Gasteiger partial charge in [-0.25, -0.2) is 0 Å². The van der Waals surface area contributed by atoms with Gasteiger partial charge in [0.2, 0.25) is 0 Å². The summed E-state index contributed by atoms with van der Waals surface area (Å²) in [7, 11) is 0. The molecule has 0 aromatic carbocycles. The average molecular weight is 172 g/mol. The van der Waals surface area contributed by atoms with E-state index in [4.69, 9.17) is 0 Å². The Morgan fingerprint density at radius 1 is 1.08 bits per heavy atom. The third-order valence-corrected chi connectivity index (χ3v) is 0.707. The summed E-state index contributed by atoms with van der Waals surface area (Å²) in [6, 6.07) is 0. The summed E-state index contributed by atoms with van der Waals surface area (Å²) in [6.07, 6.45) is 5.83. The molecule has 0 atom stereocenters. The average Bonchev–Trinajstić information content (AvgIpc) is 1.89. The highest BCUT2D eigenvalue weighted by Gasteiger charge is 1.68. The zero-order chi connectivity index (χ0) is 10.4. The largest absolute Gasteiger partial charge is 0.103 e. The van der Waals surface area contributed by atoms with E-state index in [2.05, 4.69) is 41.2 Å². The zero-order valence-corrected chi connectivity index (χ0v) is 9.98. The van der Waals surface area contributed by atoms with Crippen LogP contribution in [0.5, 0.6) is 0 Å². The second kappa shape index (κ2) is 22.4. The molecule has 12 heavy (non-hydrogen) atoms. The van der Waals surface area contributed by atoms with Crippen molar-refractivity contribution >= 4 is 0 Å². The zero-order valence-electron chi connectivity index (χ0n) is 9.98. The minimum atomic E-state index is 0.833. The summed E-state index contributed by atoms with van der Waals surface area (Å²) in [6.45, 7) is 16.2. The molecule has 0 fully saturated rings. The van der Waals surface area contributed by atoms with Gasteiger partial charge in [0.15, 0.2) is 0 Å². The van der Waals surface area contributed by atoms with Gasteiger partial charge in [0.25, 0.3) is 0 Å². The maximum Gasteiger partial charge on any atom is -0.0473 e. The molecule has 0 heterocycles. The summed E-state index contributed by atoms with van der Waals surface area (Å²) in [5, 5.41) is 0. The first-order valence-corrected chi connectivity index (χ1v) is 5.13. The minimum absolute atomic E-state index is 0.833. The fraction of sp³-hybridized carbons (Fsp3) is 0.833. The Hall–Kier alpha value is -0.260. The molecule has 0 aliphatic heterocycles.